The Labute approximate surface area is 166 Å². The van der Waals surface area contributed by atoms with Crippen LogP contribution in [-0.2, 0) is 9.47 Å². The van der Waals surface area contributed by atoms with Gasteiger partial charge in [-0.15, -0.1) is 10.2 Å². The molecule has 0 spiro atoms. The third-order valence-electron chi connectivity index (χ3n) is 3.58. The van der Waals surface area contributed by atoms with Gasteiger partial charge in [-0.3, -0.25) is 4.57 Å². The van der Waals surface area contributed by atoms with Crippen LogP contribution in [0.5, 0.6) is 0 Å². The molecule has 1 atom stereocenters. The number of hydrogen-bond donors (Lipinski definition) is 1. The second-order valence-corrected chi connectivity index (χ2v) is 7.88. The number of nitrogens with one attached hydrogen (secondary N) is 1. The number of aryl methyl sites for hydroxylation is 1. The monoisotopic (exact) mass is 438 g/mol. The molecule has 27 heavy (non-hydrogen) atoms. The number of carbonyl (C=O) groups excluding carboxylic acids is 2. The van der Waals surface area contributed by atoms with E-state index in [1.165, 1.54) is 7.11 Å². The van der Waals surface area contributed by atoms with Crippen LogP contribution >= 0.6 is 15.9 Å². The number of halogens is 1. The van der Waals surface area contributed by atoms with Crippen molar-refractivity contribution in [1.29, 1.82) is 0 Å². The predicted molar refractivity (Wildman–Crippen MR) is 103 cm³/mol. The number of hydrogen-bond acceptors (Lipinski definition) is 6. The number of rotatable bonds is 4. The molecule has 1 N–H and O–H groups in total. The first-order valence-electron chi connectivity index (χ1n) is 8.33. The van der Waals surface area contributed by atoms with Crippen LogP contribution < -0.4 is 5.32 Å². The highest BCUT2D eigenvalue weighted by Gasteiger charge is 2.24. The van der Waals surface area contributed by atoms with E-state index in [4.69, 9.17) is 9.47 Å². The number of alkyl carbamates (subject to hydrolysis) is 1. The molecule has 1 aromatic heterocycles. The van der Waals surface area contributed by atoms with Gasteiger partial charge in [-0.2, -0.15) is 0 Å². The van der Waals surface area contributed by atoms with Gasteiger partial charge in [0.25, 0.3) is 0 Å². The molecule has 0 bridgehead atoms. The molecule has 1 amide bonds. The Morgan fingerprint density at radius 2 is 1.93 bits per heavy atom. The molecule has 1 heterocycles. The lowest BCUT2D eigenvalue weighted by Gasteiger charge is -2.22. The molecule has 0 aliphatic carbocycles. The Bertz CT molecular complexity index is 858. The van der Waals surface area contributed by atoms with Crippen LogP contribution in [0.1, 0.15) is 55.7 Å². The third kappa shape index (κ3) is 5.06. The second kappa shape index (κ2) is 8.08. The van der Waals surface area contributed by atoms with E-state index in [2.05, 4.69) is 31.4 Å². The summed E-state index contributed by atoms with van der Waals surface area (Å²) in [5, 5.41) is 11.0. The maximum absolute atomic E-state index is 12.2. The summed E-state index contributed by atoms with van der Waals surface area (Å²) in [5.41, 5.74) is 0.290. The molecule has 0 saturated heterocycles. The molecule has 1 aromatic carbocycles. The van der Waals surface area contributed by atoms with Crippen molar-refractivity contribution in [2.24, 2.45) is 0 Å². The van der Waals surface area contributed by atoms with Gasteiger partial charge in [0.05, 0.1) is 24.4 Å². The van der Waals surface area contributed by atoms with E-state index >= 15 is 0 Å². The summed E-state index contributed by atoms with van der Waals surface area (Å²) in [6.07, 6.45) is -0.564. The standard InChI is InChI=1S/C18H23BrN4O4/c1-10(20-17(25)27-18(3,4)5)15-22-21-11(2)23(15)14-8-7-12(19)9-13(14)16(24)26-6/h7-10H,1-6H3,(H,20,25)/t10-/m1/s1. The summed E-state index contributed by atoms with van der Waals surface area (Å²) in [6.45, 7) is 8.89. The minimum atomic E-state index is -0.614. The van der Waals surface area contributed by atoms with E-state index in [0.717, 1.165) is 4.47 Å². The Hall–Kier alpha value is -2.42. The molecular weight excluding hydrogens is 416 g/mol. The van der Waals surface area contributed by atoms with Gasteiger partial charge in [0, 0.05) is 4.47 Å². The number of methoxy groups -OCH3 is 1. The molecule has 8 nitrogen and oxygen atoms in total. The van der Waals surface area contributed by atoms with Crippen molar-refractivity contribution in [3.05, 3.63) is 39.9 Å². The van der Waals surface area contributed by atoms with E-state index in [1.807, 2.05) is 0 Å². The zero-order valence-electron chi connectivity index (χ0n) is 16.2. The molecule has 9 heteroatoms. The molecule has 0 aliphatic rings. The molecule has 2 aromatic rings. The average molecular weight is 439 g/mol. The maximum Gasteiger partial charge on any atom is 0.408 e. The second-order valence-electron chi connectivity index (χ2n) is 6.96. The number of benzene rings is 1. The van der Waals surface area contributed by atoms with Gasteiger partial charge in [0.2, 0.25) is 0 Å². The van der Waals surface area contributed by atoms with Crippen molar-refractivity contribution in [1.82, 2.24) is 20.1 Å². The number of esters is 1. The summed E-state index contributed by atoms with van der Waals surface area (Å²) >= 11 is 3.36. The van der Waals surface area contributed by atoms with Gasteiger partial charge >= 0.3 is 12.1 Å². The Morgan fingerprint density at radius 3 is 2.52 bits per heavy atom. The van der Waals surface area contributed by atoms with Crippen LogP contribution in [0, 0.1) is 6.92 Å². The van der Waals surface area contributed by atoms with Gasteiger partial charge in [0.15, 0.2) is 5.82 Å². The van der Waals surface area contributed by atoms with Gasteiger partial charge in [-0.05, 0) is 52.8 Å². The first-order valence-corrected chi connectivity index (χ1v) is 9.12. The van der Waals surface area contributed by atoms with Crippen LogP contribution in [0.3, 0.4) is 0 Å². The van der Waals surface area contributed by atoms with Crippen LogP contribution in [0.2, 0.25) is 0 Å². The fourth-order valence-corrected chi connectivity index (χ4v) is 2.84. The number of aromatic nitrogens is 3. The molecule has 0 fully saturated rings. The number of carbonyl (C=O) groups is 2. The quantitative estimate of drug-likeness (QED) is 0.730. The number of nitrogens with zero attached hydrogens (tertiary/aromatic N) is 3. The Morgan fingerprint density at radius 1 is 1.26 bits per heavy atom. The molecule has 0 saturated carbocycles. The fraction of sp³-hybridized carbons (Fsp3) is 0.444. The van der Waals surface area contributed by atoms with Crippen molar-refractivity contribution >= 4 is 28.0 Å². The van der Waals surface area contributed by atoms with Gasteiger partial charge in [0.1, 0.15) is 11.4 Å². The highest BCUT2D eigenvalue weighted by Crippen LogP contribution is 2.25. The fourth-order valence-electron chi connectivity index (χ4n) is 2.48. The summed E-state index contributed by atoms with van der Waals surface area (Å²) in [4.78, 5) is 24.3. The SMILES string of the molecule is COC(=O)c1cc(Br)ccc1-n1c(C)nnc1[C@@H](C)NC(=O)OC(C)(C)C. The average Bonchev–Trinajstić information content (AvgIpc) is 2.93. The summed E-state index contributed by atoms with van der Waals surface area (Å²) in [6, 6.07) is 4.72. The largest absolute Gasteiger partial charge is 0.465 e. The maximum atomic E-state index is 12.2. The van der Waals surface area contributed by atoms with E-state index in [-0.39, 0.29) is 0 Å². The van der Waals surface area contributed by atoms with Crippen molar-refractivity contribution in [2.45, 2.75) is 46.3 Å². The van der Waals surface area contributed by atoms with Crippen molar-refractivity contribution in [3.8, 4) is 5.69 Å². The number of ether oxygens (including phenoxy) is 2. The molecule has 0 aliphatic heterocycles. The van der Waals surface area contributed by atoms with E-state index in [0.29, 0.717) is 22.9 Å². The summed E-state index contributed by atoms with van der Waals surface area (Å²) in [5.74, 6) is 0.541. The molecule has 0 radical (unpaired) electrons. The lowest BCUT2D eigenvalue weighted by molar-refractivity contribution is 0.0503. The first-order chi connectivity index (χ1) is 12.5. The highest BCUT2D eigenvalue weighted by atomic mass is 79.9. The van der Waals surface area contributed by atoms with Crippen molar-refractivity contribution in [3.63, 3.8) is 0 Å². The van der Waals surface area contributed by atoms with Crippen LogP contribution in [0.25, 0.3) is 5.69 Å². The molecule has 2 rings (SSSR count). The smallest absolute Gasteiger partial charge is 0.408 e. The highest BCUT2D eigenvalue weighted by molar-refractivity contribution is 9.10. The Kier molecular flexibility index (Phi) is 6.25. The zero-order valence-corrected chi connectivity index (χ0v) is 17.7. The van der Waals surface area contributed by atoms with Crippen LogP contribution in [0.4, 0.5) is 4.79 Å². The van der Waals surface area contributed by atoms with E-state index in [9.17, 15) is 9.59 Å². The van der Waals surface area contributed by atoms with Crippen molar-refractivity contribution < 1.29 is 19.1 Å². The third-order valence-corrected chi connectivity index (χ3v) is 4.07. The molecular formula is C18H23BrN4O4. The van der Waals surface area contributed by atoms with Gasteiger partial charge < -0.3 is 14.8 Å². The summed E-state index contributed by atoms with van der Waals surface area (Å²) in [7, 11) is 1.32. The first kappa shape index (κ1) is 20.9. The minimum Gasteiger partial charge on any atom is -0.465 e. The predicted octanol–water partition coefficient (Wildman–Crippen LogP) is 3.71. The normalized spacial score (nSPS) is 12.4. The summed E-state index contributed by atoms with van der Waals surface area (Å²) < 4.78 is 12.6. The number of amides is 1. The van der Waals surface area contributed by atoms with Crippen molar-refractivity contribution in [2.75, 3.05) is 7.11 Å². The topological polar surface area (TPSA) is 95.3 Å². The van der Waals surface area contributed by atoms with Gasteiger partial charge in [-0.1, -0.05) is 15.9 Å². The van der Waals surface area contributed by atoms with Crippen LogP contribution in [-0.4, -0.2) is 39.5 Å². The van der Waals surface area contributed by atoms with Crippen LogP contribution in [0.15, 0.2) is 22.7 Å². The zero-order chi connectivity index (χ0) is 20.4. The van der Waals surface area contributed by atoms with E-state index < -0.39 is 23.7 Å². The lowest BCUT2D eigenvalue weighted by atomic mass is 10.1. The van der Waals surface area contributed by atoms with Gasteiger partial charge in [-0.25, -0.2) is 9.59 Å². The lowest BCUT2D eigenvalue weighted by Crippen LogP contribution is -2.35. The minimum absolute atomic E-state index is 0.348. The van der Waals surface area contributed by atoms with E-state index in [1.54, 1.807) is 57.4 Å². The Balaban J connectivity index is 2.43. The molecule has 0 unspecified atom stereocenters. The molecule has 146 valence electrons.